The minimum atomic E-state index is -0.955. The standard InChI is InChI=1S/C21H24N2O4/c1-21(2,3)27-20(26)18(17-7-5-12-22-14-17)23-13-4-6-15-8-10-16(11-9-15)19(24)25/h4-12,14,18,23H,13H2,1-3H3,(H,24,25). The molecule has 0 radical (unpaired) electrons. The lowest BCUT2D eigenvalue weighted by atomic mass is 10.1. The number of carboxylic acid groups (broad SMARTS) is 1. The third-order valence-electron chi connectivity index (χ3n) is 3.57. The molecule has 6 nitrogen and oxygen atoms in total. The number of carboxylic acids is 1. The number of aromatic nitrogens is 1. The van der Waals surface area contributed by atoms with Crippen LogP contribution < -0.4 is 5.32 Å². The maximum atomic E-state index is 12.5. The van der Waals surface area contributed by atoms with Crippen LogP contribution in [0, 0.1) is 0 Å². The predicted octanol–water partition coefficient (Wildman–Crippen LogP) is 3.47. The van der Waals surface area contributed by atoms with Gasteiger partial charge in [0.2, 0.25) is 0 Å². The molecule has 1 atom stereocenters. The van der Waals surface area contributed by atoms with Gasteiger partial charge in [-0.2, -0.15) is 0 Å². The fraction of sp³-hybridized carbons (Fsp3) is 0.286. The van der Waals surface area contributed by atoms with Crippen LogP contribution in [0.5, 0.6) is 0 Å². The van der Waals surface area contributed by atoms with Crippen molar-refractivity contribution in [1.29, 1.82) is 0 Å². The van der Waals surface area contributed by atoms with Gasteiger partial charge in [-0.25, -0.2) is 9.59 Å². The first-order valence-corrected chi connectivity index (χ1v) is 8.62. The van der Waals surface area contributed by atoms with Gasteiger partial charge >= 0.3 is 11.9 Å². The maximum absolute atomic E-state index is 12.5. The number of benzene rings is 1. The third kappa shape index (κ3) is 6.67. The molecular formula is C21H24N2O4. The summed E-state index contributed by atoms with van der Waals surface area (Å²) in [6.45, 7) is 5.91. The quantitative estimate of drug-likeness (QED) is 0.728. The number of nitrogens with zero attached hydrogens (tertiary/aromatic N) is 1. The molecule has 6 heteroatoms. The van der Waals surface area contributed by atoms with Gasteiger partial charge in [-0.05, 0) is 50.1 Å². The summed E-state index contributed by atoms with van der Waals surface area (Å²) in [4.78, 5) is 27.5. The third-order valence-corrected chi connectivity index (χ3v) is 3.57. The first kappa shape index (κ1) is 20.3. The van der Waals surface area contributed by atoms with Crippen molar-refractivity contribution in [2.24, 2.45) is 0 Å². The van der Waals surface area contributed by atoms with E-state index in [-0.39, 0.29) is 11.5 Å². The van der Waals surface area contributed by atoms with Crippen molar-refractivity contribution in [2.75, 3.05) is 6.54 Å². The van der Waals surface area contributed by atoms with Gasteiger partial charge in [0.05, 0.1) is 5.56 Å². The number of pyridine rings is 1. The molecule has 2 rings (SSSR count). The highest BCUT2D eigenvalue weighted by molar-refractivity contribution is 5.87. The summed E-state index contributed by atoms with van der Waals surface area (Å²) in [7, 11) is 0. The average molecular weight is 368 g/mol. The minimum Gasteiger partial charge on any atom is -0.478 e. The molecule has 142 valence electrons. The zero-order chi connectivity index (χ0) is 19.9. The molecule has 1 aromatic heterocycles. The van der Waals surface area contributed by atoms with Gasteiger partial charge in [0.15, 0.2) is 0 Å². The van der Waals surface area contributed by atoms with E-state index in [1.807, 2.05) is 39.0 Å². The monoisotopic (exact) mass is 368 g/mol. The SMILES string of the molecule is CC(C)(C)OC(=O)C(NCC=Cc1ccc(C(=O)O)cc1)c1cccnc1. The van der Waals surface area contributed by atoms with Crippen molar-refractivity contribution in [1.82, 2.24) is 10.3 Å². The summed E-state index contributed by atoms with van der Waals surface area (Å²) < 4.78 is 5.50. The molecule has 0 spiro atoms. The molecule has 2 aromatic rings. The van der Waals surface area contributed by atoms with Crippen molar-refractivity contribution in [3.63, 3.8) is 0 Å². The van der Waals surface area contributed by atoms with Gasteiger partial charge in [0.25, 0.3) is 0 Å². The van der Waals surface area contributed by atoms with Gasteiger partial charge in [-0.1, -0.05) is 30.4 Å². The van der Waals surface area contributed by atoms with E-state index in [9.17, 15) is 9.59 Å². The molecule has 0 aliphatic rings. The van der Waals surface area contributed by atoms with Gasteiger partial charge < -0.3 is 9.84 Å². The second-order valence-electron chi connectivity index (χ2n) is 6.99. The molecule has 0 bridgehead atoms. The van der Waals surface area contributed by atoms with Crippen molar-refractivity contribution < 1.29 is 19.4 Å². The molecule has 1 unspecified atom stereocenters. The molecule has 2 N–H and O–H groups in total. The van der Waals surface area contributed by atoms with E-state index in [1.54, 1.807) is 42.7 Å². The highest BCUT2D eigenvalue weighted by atomic mass is 16.6. The number of carbonyl (C=O) groups is 2. The van der Waals surface area contributed by atoms with Gasteiger partial charge in [0, 0.05) is 18.9 Å². The summed E-state index contributed by atoms with van der Waals surface area (Å²) >= 11 is 0. The predicted molar refractivity (Wildman–Crippen MR) is 103 cm³/mol. The van der Waals surface area contributed by atoms with Crippen molar-refractivity contribution in [3.05, 3.63) is 71.6 Å². The van der Waals surface area contributed by atoms with Crippen LogP contribution >= 0.6 is 0 Å². The van der Waals surface area contributed by atoms with E-state index >= 15 is 0 Å². The molecule has 0 amide bonds. The lowest BCUT2D eigenvalue weighted by molar-refractivity contribution is -0.157. The number of hydrogen-bond donors (Lipinski definition) is 2. The molecule has 0 saturated heterocycles. The number of carbonyl (C=O) groups excluding carboxylic acids is 1. The second-order valence-corrected chi connectivity index (χ2v) is 6.99. The molecule has 0 saturated carbocycles. The Labute approximate surface area is 158 Å². The first-order chi connectivity index (χ1) is 12.8. The molecule has 27 heavy (non-hydrogen) atoms. The van der Waals surface area contributed by atoms with Crippen molar-refractivity contribution in [3.8, 4) is 0 Å². The fourth-order valence-corrected chi connectivity index (χ4v) is 2.36. The van der Waals surface area contributed by atoms with Crippen LogP contribution in [0.3, 0.4) is 0 Å². The Morgan fingerprint density at radius 2 is 1.93 bits per heavy atom. The Morgan fingerprint density at radius 1 is 1.22 bits per heavy atom. The summed E-state index contributed by atoms with van der Waals surface area (Å²) in [5.41, 5.74) is 1.26. The Balaban J connectivity index is 2.03. The van der Waals surface area contributed by atoms with Crippen LogP contribution in [0.25, 0.3) is 6.08 Å². The van der Waals surface area contributed by atoms with Crippen LogP contribution in [-0.2, 0) is 9.53 Å². The van der Waals surface area contributed by atoms with Gasteiger partial charge in [0.1, 0.15) is 11.6 Å². The maximum Gasteiger partial charge on any atom is 0.335 e. The Kier molecular flexibility index (Phi) is 6.85. The highest BCUT2D eigenvalue weighted by Gasteiger charge is 2.26. The van der Waals surface area contributed by atoms with Gasteiger partial charge in [-0.15, -0.1) is 0 Å². The van der Waals surface area contributed by atoms with Crippen LogP contribution in [0.1, 0.15) is 48.3 Å². The summed E-state index contributed by atoms with van der Waals surface area (Å²) in [6, 6.07) is 9.52. The zero-order valence-corrected chi connectivity index (χ0v) is 15.7. The fourth-order valence-electron chi connectivity index (χ4n) is 2.36. The van der Waals surface area contributed by atoms with Crippen LogP contribution in [0.4, 0.5) is 0 Å². The normalized spacial score (nSPS) is 12.7. The first-order valence-electron chi connectivity index (χ1n) is 8.62. The van der Waals surface area contributed by atoms with Crippen molar-refractivity contribution in [2.45, 2.75) is 32.4 Å². The van der Waals surface area contributed by atoms with Crippen LogP contribution in [-0.4, -0.2) is 34.2 Å². The van der Waals surface area contributed by atoms with E-state index in [4.69, 9.17) is 9.84 Å². The Morgan fingerprint density at radius 3 is 2.48 bits per heavy atom. The van der Waals surface area contributed by atoms with E-state index in [0.29, 0.717) is 6.54 Å². The molecular weight excluding hydrogens is 344 g/mol. The number of ether oxygens (including phenoxy) is 1. The molecule has 1 aromatic carbocycles. The van der Waals surface area contributed by atoms with E-state index in [2.05, 4.69) is 10.3 Å². The van der Waals surface area contributed by atoms with Crippen LogP contribution in [0.2, 0.25) is 0 Å². The average Bonchev–Trinajstić information content (AvgIpc) is 2.61. The molecule has 0 aliphatic heterocycles. The van der Waals surface area contributed by atoms with Crippen molar-refractivity contribution >= 4 is 18.0 Å². The number of esters is 1. The summed E-state index contributed by atoms with van der Waals surface area (Å²) in [6.07, 6.45) is 7.00. The lowest BCUT2D eigenvalue weighted by Crippen LogP contribution is -2.35. The Hall–Kier alpha value is -2.99. The largest absolute Gasteiger partial charge is 0.478 e. The van der Waals surface area contributed by atoms with Crippen LogP contribution in [0.15, 0.2) is 54.9 Å². The smallest absolute Gasteiger partial charge is 0.335 e. The molecule has 0 fully saturated rings. The number of hydrogen-bond acceptors (Lipinski definition) is 5. The van der Waals surface area contributed by atoms with Gasteiger partial charge in [-0.3, -0.25) is 10.3 Å². The topological polar surface area (TPSA) is 88.5 Å². The molecule has 1 heterocycles. The Bertz CT molecular complexity index is 793. The summed E-state index contributed by atoms with van der Waals surface area (Å²) in [5, 5.41) is 12.1. The number of rotatable bonds is 7. The van der Waals surface area contributed by atoms with E-state index in [1.165, 1.54) is 0 Å². The van der Waals surface area contributed by atoms with E-state index in [0.717, 1.165) is 11.1 Å². The zero-order valence-electron chi connectivity index (χ0n) is 15.7. The second kappa shape index (κ2) is 9.09. The minimum absolute atomic E-state index is 0.242. The number of aromatic carboxylic acids is 1. The number of nitrogens with one attached hydrogen (secondary N) is 1. The lowest BCUT2D eigenvalue weighted by Gasteiger charge is -2.24. The summed E-state index contributed by atoms with van der Waals surface area (Å²) in [5.74, 6) is -1.32. The highest BCUT2D eigenvalue weighted by Crippen LogP contribution is 2.18. The molecule has 0 aliphatic carbocycles. The van der Waals surface area contributed by atoms with E-state index < -0.39 is 17.6 Å².